The number of ether oxygens (including phenoxy) is 1. The molecule has 0 radical (unpaired) electrons. The number of halogens is 1. The molecule has 2 aromatic heterocycles. The molecule has 1 saturated carbocycles. The first-order valence-corrected chi connectivity index (χ1v) is 9.83. The highest BCUT2D eigenvalue weighted by atomic mass is 19.1. The number of methoxy groups -OCH3 is 1. The van der Waals surface area contributed by atoms with Crippen LogP contribution in [0, 0.1) is 17.1 Å². The molecule has 3 aromatic rings. The van der Waals surface area contributed by atoms with E-state index < -0.39 is 5.82 Å². The number of carbonyl (C=O) groups is 1. The molecule has 0 bridgehead atoms. The van der Waals surface area contributed by atoms with E-state index in [2.05, 4.69) is 14.9 Å². The molecule has 8 heteroatoms. The Balaban J connectivity index is 1.44. The van der Waals surface area contributed by atoms with Crippen molar-refractivity contribution in [2.75, 3.05) is 31.6 Å². The van der Waals surface area contributed by atoms with Gasteiger partial charge in [-0.25, -0.2) is 9.37 Å². The van der Waals surface area contributed by atoms with E-state index >= 15 is 0 Å². The van der Waals surface area contributed by atoms with Gasteiger partial charge in [0.2, 0.25) is 0 Å². The third kappa shape index (κ3) is 2.77. The maximum atomic E-state index is 14.0. The standard InChI is InChI=1S/C22H20FN5O2/c1-30-18-12-26-20-16(4-7-25-20)19(18)27-8-9-28(22(13-27)5-6-22)21(29)14-2-3-15(11-24)17(23)10-14/h2-4,7,10,12H,5-6,8-9,13H2,1H3,(H,25,26). The van der Waals surface area contributed by atoms with Gasteiger partial charge in [-0.05, 0) is 37.1 Å². The van der Waals surface area contributed by atoms with Crippen molar-refractivity contribution in [3.8, 4) is 11.8 Å². The van der Waals surface area contributed by atoms with E-state index in [1.54, 1.807) is 19.4 Å². The predicted octanol–water partition coefficient (Wildman–Crippen LogP) is 3.08. The molecule has 2 fully saturated rings. The summed E-state index contributed by atoms with van der Waals surface area (Å²) < 4.78 is 19.6. The van der Waals surface area contributed by atoms with Crippen molar-refractivity contribution < 1.29 is 13.9 Å². The lowest BCUT2D eigenvalue weighted by molar-refractivity contribution is 0.0624. The molecule has 30 heavy (non-hydrogen) atoms. The Bertz CT molecular complexity index is 1190. The van der Waals surface area contributed by atoms with Gasteiger partial charge in [0, 0.05) is 36.8 Å². The van der Waals surface area contributed by atoms with Crippen LogP contribution in [-0.4, -0.2) is 53.1 Å². The average molecular weight is 405 g/mol. The number of piperazine rings is 1. The Labute approximate surface area is 172 Å². The molecule has 1 aliphatic carbocycles. The second-order valence-corrected chi connectivity index (χ2v) is 7.82. The number of H-pyrrole nitrogens is 1. The van der Waals surface area contributed by atoms with Crippen molar-refractivity contribution >= 4 is 22.6 Å². The molecule has 7 nitrogen and oxygen atoms in total. The lowest BCUT2D eigenvalue weighted by atomic mass is 10.0. The van der Waals surface area contributed by atoms with E-state index in [9.17, 15) is 9.18 Å². The SMILES string of the molecule is COc1cnc2[nH]ccc2c1N1CCN(C(=O)c2ccc(C#N)c(F)c2)C2(CC2)C1. The van der Waals surface area contributed by atoms with Gasteiger partial charge in [-0.15, -0.1) is 0 Å². The molecular formula is C22H20FN5O2. The Morgan fingerprint density at radius 2 is 2.17 bits per heavy atom. The van der Waals surface area contributed by atoms with E-state index in [0.717, 1.165) is 29.6 Å². The monoisotopic (exact) mass is 405 g/mol. The zero-order valence-electron chi connectivity index (χ0n) is 16.5. The normalized spacial score (nSPS) is 17.2. The van der Waals surface area contributed by atoms with Gasteiger partial charge >= 0.3 is 0 Å². The first-order valence-electron chi connectivity index (χ1n) is 9.83. The van der Waals surface area contributed by atoms with Gasteiger partial charge in [0.15, 0.2) is 5.75 Å². The van der Waals surface area contributed by atoms with Crippen LogP contribution in [0.15, 0.2) is 36.7 Å². The number of amides is 1. The van der Waals surface area contributed by atoms with Crippen LogP contribution in [-0.2, 0) is 0 Å². The first-order chi connectivity index (χ1) is 14.6. The molecule has 152 valence electrons. The minimum atomic E-state index is -0.664. The van der Waals surface area contributed by atoms with Crippen molar-refractivity contribution in [1.29, 1.82) is 5.26 Å². The van der Waals surface area contributed by atoms with Crippen LogP contribution in [0.1, 0.15) is 28.8 Å². The largest absolute Gasteiger partial charge is 0.493 e. The maximum absolute atomic E-state index is 14.0. The zero-order valence-corrected chi connectivity index (χ0v) is 16.5. The summed E-state index contributed by atoms with van der Waals surface area (Å²) in [5.74, 6) is -0.154. The van der Waals surface area contributed by atoms with Crippen LogP contribution in [0.25, 0.3) is 11.0 Å². The predicted molar refractivity (Wildman–Crippen MR) is 109 cm³/mol. The molecule has 1 N–H and O–H groups in total. The van der Waals surface area contributed by atoms with Crippen LogP contribution in [0.4, 0.5) is 10.1 Å². The van der Waals surface area contributed by atoms with E-state index in [4.69, 9.17) is 10.00 Å². The molecule has 1 amide bonds. The van der Waals surface area contributed by atoms with Crippen LogP contribution in [0.5, 0.6) is 5.75 Å². The summed E-state index contributed by atoms with van der Waals surface area (Å²) in [4.78, 5) is 24.8. The molecule has 3 heterocycles. The molecule has 5 rings (SSSR count). The number of nitriles is 1. The van der Waals surface area contributed by atoms with Crippen LogP contribution in [0.2, 0.25) is 0 Å². The number of hydrogen-bond donors (Lipinski definition) is 1. The van der Waals surface area contributed by atoms with Gasteiger partial charge in [0.05, 0.1) is 30.1 Å². The number of fused-ring (bicyclic) bond motifs is 1. The van der Waals surface area contributed by atoms with Crippen molar-refractivity contribution in [2.24, 2.45) is 0 Å². The molecule has 1 saturated heterocycles. The molecular weight excluding hydrogens is 385 g/mol. The highest BCUT2D eigenvalue weighted by molar-refractivity contribution is 5.96. The van der Waals surface area contributed by atoms with Crippen molar-refractivity contribution in [1.82, 2.24) is 14.9 Å². The number of anilines is 1. The highest BCUT2D eigenvalue weighted by Gasteiger charge is 2.53. The van der Waals surface area contributed by atoms with Gasteiger partial charge < -0.3 is 19.5 Å². The second kappa shape index (κ2) is 6.73. The van der Waals surface area contributed by atoms with Crippen molar-refractivity contribution in [3.05, 3.63) is 53.6 Å². The number of nitrogens with one attached hydrogen (secondary N) is 1. The number of carbonyl (C=O) groups excluding carboxylic acids is 1. The maximum Gasteiger partial charge on any atom is 0.254 e. The molecule has 1 aliphatic heterocycles. The third-order valence-corrected chi connectivity index (χ3v) is 6.12. The summed E-state index contributed by atoms with van der Waals surface area (Å²) in [6.07, 6.45) is 5.37. The Morgan fingerprint density at radius 1 is 1.33 bits per heavy atom. The Hall–Kier alpha value is -3.60. The third-order valence-electron chi connectivity index (χ3n) is 6.12. The van der Waals surface area contributed by atoms with E-state index in [1.165, 1.54) is 18.2 Å². The fourth-order valence-corrected chi connectivity index (χ4v) is 4.40. The first kappa shape index (κ1) is 18.4. The van der Waals surface area contributed by atoms with Gasteiger partial charge in [-0.3, -0.25) is 4.79 Å². The molecule has 0 unspecified atom stereocenters. The average Bonchev–Trinajstić information content (AvgIpc) is 3.34. The highest BCUT2D eigenvalue weighted by Crippen LogP contribution is 2.47. The topological polar surface area (TPSA) is 85.2 Å². The summed E-state index contributed by atoms with van der Waals surface area (Å²) in [6.45, 7) is 1.84. The molecule has 1 spiro atoms. The van der Waals surface area contributed by atoms with Gasteiger partial charge in [0.25, 0.3) is 5.91 Å². The number of nitrogens with zero attached hydrogens (tertiary/aromatic N) is 4. The number of aromatic nitrogens is 2. The molecule has 0 atom stereocenters. The molecule has 1 aromatic carbocycles. The smallest absolute Gasteiger partial charge is 0.254 e. The fraction of sp³-hybridized carbons (Fsp3) is 0.318. The lowest BCUT2D eigenvalue weighted by Gasteiger charge is -2.43. The number of rotatable bonds is 3. The zero-order chi connectivity index (χ0) is 20.9. The van der Waals surface area contributed by atoms with E-state index in [-0.39, 0.29) is 22.6 Å². The van der Waals surface area contributed by atoms with Gasteiger partial charge in [-0.2, -0.15) is 5.26 Å². The second-order valence-electron chi connectivity index (χ2n) is 7.82. The number of pyridine rings is 1. The van der Waals surface area contributed by atoms with E-state index in [0.29, 0.717) is 25.4 Å². The fourth-order valence-electron chi connectivity index (χ4n) is 4.40. The van der Waals surface area contributed by atoms with Crippen LogP contribution in [0.3, 0.4) is 0 Å². The Kier molecular flexibility index (Phi) is 4.13. The number of benzene rings is 1. The van der Waals surface area contributed by atoms with Crippen LogP contribution >= 0.6 is 0 Å². The number of hydrogen-bond acceptors (Lipinski definition) is 5. The summed E-state index contributed by atoms with van der Waals surface area (Å²) >= 11 is 0. The van der Waals surface area contributed by atoms with E-state index in [1.807, 2.05) is 17.2 Å². The van der Waals surface area contributed by atoms with Crippen molar-refractivity contribution in [2.45, 2.75) is 18.4 Å². The summed E-state index contributed by atoms with van der Waals surface area (Å²) in [7, 11) is 1.63. The lowest BCUT2D eigenvalue weighted by Crippen LogP contribution is -2.57. The Morgan fingerprint density at radius 3 is 2.87 bits per heavy atom. The summed E-state index contributed by atoms with van der Waals surface area (Å²) in [5.41, 5.74) is 1.73. The summed E-state index contributed by atoms with van der Waals surface area (Å²) in [5, 5.41) is 9.91. The molecule has 2 aliphatic rings. The van der Waals surface area contributed by atoms with Crippen molar-refractivity contribution in [3.63, 3.8) is 0 Å². The van der Waals surface area contributed by atoms with Gasteiger partial charge in [-0.1, -0.05) is 0 Å². The minimum absolute atomic E-state index is 0.0576. The van der Waals surface area contributed by atoms with Gasteiger partial charge in [0.1, 0.15) is 17.5 Å². The number of aromatic amines is 1. The quantitative estimate of drug-likeness (QED) is 0.724. The summed E-state index contributed by atoms with van der Waals surface area (Å²) in [6, 6.07) is 7.83. The minimum Gasteiger partial charge on any atom is -0.493 e. The van der Waals surface area contributed by atoms with Crippen LogP contribution < -0.4 is 9.64 Å².